The Labute approximate surface area is 124 Å². The second-order valence-electron chi connectivity index (χ2n) is 4.70. The largest absolute Gasteiger partial charge is 0.476 e. The van der Waals surface area contributed by atoms with Crippen molar-refractivity contribution in [3.05, 3.63) is 22.8 Å². The van der Waals surface area contributed by atoms with Crippen LogP contribution in [-0.2, 0) is 15.6 Å². The fraction of sp³-hybridized carbons (Fsp3) is 0.400. The highest BCUT2D eigenvalue weighted by Crippen LogP contribution is 2.23. The monoisotopic (exact) mass is 332 g/mol. The van der Waals surface area contributed by atoms with E-state index in [1.54, 1.807) is 6.92 Å². The molecule has 0 bridgehead atoms. The Hall–Kier alpha value is -1.85. The second kappa shape index (κ2) is 5.16. The molecule has 2 rings (SSSR count). The van der Waals surface area contributed by atoms with Gasteiger partial charge in [-0.15, -0.1) is 0 Å². The van der Waals surface area contributed by atoms with E-state index in [-0.39, 0.29) is 5.82 Å². The van der Waals surface area contributed by atoms with Crippen LogP contribution in [0, 0.1) is 6.92 Å². The molecule has 0 saturated heterocycles. The number of carboxylic acid groups (broad SMARTS) is 1. The number of carbonyl (C=O) groups is 1. The number of hydrogen-bond acceptors (Lipinski definition) is 8. The molecule has 11 heteroatoms. The number of aromatic nitrogens is 3. The Morgan fingerprint density at radius 3 is 2.67 bits per heavy atom. The summed E-state index contributed by atoms with van der Waals surface area (Å²) >= 11 is 0.748. The first-order valence-corrected chi connectivity index (χ1v) is 7.98. The number of aryl methyl sites for hydroxylation is 1. The Morgan fingerprint density at radius 2 is 2.14 bits per heavy atom. The minimum atomic E-state index is -4.09. The predicted octanol–water partition coefficient (Wildman–Crippen LogP) is 0.746. The van der Waals surface area contributed by atoms with Gasteiger partial charge >= 0.3 is 5.97 Å². The number of aromatic carboxylic acids is 1. The molecule has 0 aliphatic carbocycles. The maximum atomic E-state index is 12.3. The van der Waals surface area contributed by atoms with Crippen LogP contribution in [0.4, 0.5) is 0 Å². The molecule has 2 aromatic rings. The van der Waals surface area contributed by atoms with Crippen LogP contribution in [0.5, 0.6) is 0 Å². The smallest absolute Gasteiger partial charge is 0.357 e. The van der Waals surface area contributed by atoms with Gasteiger partial charge in [0.05, 0.1) is 5.54 Å². The number of rotatable bonds is 5. The van der Waals surface area contributed by atoms with Gasteiger partial charge in [0, 0.05) is 12.3 Å². The number of nitrogens with one attached hydrogen (secondary N) is 1. The number of carboxylic acids is 1. The van der Waals surface area contributed by atoms with Gasteiger partial charge in [0.1, 0.15) is 4.90 Å². The summed E-state index contributed by atoms with van der Waals surface area (Å²) in [4.78, 5) is 14.6. The Balaban J connectivity index is 2.37. The molecule has 0 radical (unpaired) electrons. The van der Waals surface area contributed by atoms with Crippen molar-refractivity contribution < 1.29 is 22.8 Å². The molecule has 0 atom stereocenters. The quantitative estimate of drug-likeness (QED) is 0.818. The lowest BCUT2D eigenvalue weighted by atomic mass is 10.1. The lowest BCUT2D eigenvalue weighted by molar-refractivity contribution is 0.0687. The fourth-order valence-corrected chi connectivity index (χ4v) is 4.05. The standard InChI is InChI=1S/C10H12N4O5S2/c1-5-11-9(12-19-5)10(2,3)14-21(17,18)6-4-20-13-7(6)8(15)16/h4,14H,1-3H3,(H,15,16). The third-order valence-corrected chi connectivity index (χ3v) is 4.95. The summed E-state index contributed by atoms with van der Waals surface area (Å²) in [6, 6.07) is 0. The summed E-state index contributed by atoms with van der Waals surface area (Å²) in [6.45, 7) is 4.65. The van der Waals surface area contributed by atoms with E-state index in [1.165, 1.54) is 13.8 Å². The summed E-state index contributed by atoms with van der Waals surface area (Å²) < 4.78 is 35.4. The van der Waals surface area contributed by atoms with Crippen LogP contribution in [0.1, 0.15) is 36.1 Å². The maximum Gasteiger partial charge on any atom is 0.357 e. The topological polar surface area (TPSA) is 135 Å². The summed E-state index contributed by atoms with van der Waals surface area (Å²) in [5.74, 6) is -0.978. The van der Waals surface area contributed by atoms with E-state index in [1.807, 2.05) is 0 Å². The lowest BCUT2D eigenvalue weighted by Gasteiger charge is -2.21. The molecule has 2 heterocycles. The molecule has 21 heavy (non-hydrogen) atoms. The highest BCUT2D eigenvalue weighted by atomic mass is 32.2. The van der Waals surface area contributed by atoms with Crippen LogP contribution in [0.25, 0.3) is 0 Å². The molecule has 0 fully saturated rings. The van der Waals surface area contributed by atoms with Gasteiger partial charge in [-0.25, -0.2) is 13.2 Å². The Morgan fingerprint density at radius 1 is 1.48 bits per heavy atom. The zero-order valence-electron chi connectivity index (χ0n) is 11.3. The van der Waals surface area contributed by atoms with Gasteiger partial charge in [0.25, 0.3) is 0 Å². The summed E-state index contributed by atoms with van der Waals surface area (Å²) in [7, 11) is -4.09. The normalized spacial score (nSPS) is 12.5. The van der Waals surface area contributed by atoms with Gasteiger partial charge in [-0.05, 0) is 25.4 Å². The van der Waals surface area contributed by atoms with E-state index in [0.29, 0.717) is 5.89 Å². The first kappa shape index (κ1) is 15.5. The first-order chi connectivity index (χ1) is 9.63. The predicted molar refractivity (Wildman–Crippen MR) is 71.5 cm³/mol. The summed E-state index contributed by atoms with van der Waals surface area (Å²) in [5, 5.41) is 13.8. The molecule has 114 valence electrons. The summed E-state index contributed by atoms with van der Waals surface area (Å²) in [5.41, 5.74) is -1.69. The highest BCUT2D eigenvalue weighted by molar-refractivity contribution is 7.89. The molecular formula is C10H12N4O5S2. The van der Waals surface area contributed by atoms with Gasteiger partial charge in [-0.3, -0.25) is 0 Å². The molecule has 0 aliphatic heterocycles. The maximum absolute atomic E-state index is 12.3. The average Bonchev–Trinajstić information content (AvgIpc) is 2.95. The van der Waals surface area contributed by atoms with E-state index in [9.17, 15) is 13.2 Å². The van der Waals surface area contributed by atoms with Gasteiger partial charge in [0.15, 0.2) is 11.5 Å². The molecule has 0 aliphatic rings. The molecule has 0 amide bonds. The van der Waals surface area contributed by atoms with E-state index < -0.39 is 32.1 Å². The molecule has 0 aromatic carbocycles. The number of hydrogen-bond donors (Lipinski definition) is 2. The van der Waals surface area contributed by atoms with Crippen molar-refractivity contribution in [2.75, 3.05) is 0 Å². The number of nitrogens with zero attached hydrogens (tertiary/aromatic N) is 3. The van der Waals surface area contributed by atoms with E-state index in [2.05, 4.69) is 19.2 Å². The van der Waals surface area contributed by atoms with Crippen molar-refractivity contribution in [3.8, 4) is 0 Å². The Kier molecular flexibility index (Phi) is 3.82. The molecule has 2 N–H and O–H groups in total. The van der Waals surface area contributed by atoms with Crippen LogP contribution in [0.15, 0.2) is 14.8 Å². The zero-order valence-corrected chi connectivity index (χ0v) is 12.9. The van der Waals surface area contributed by atoms with E-state index in [4.69, 9.17) is 9.63 Å². The van der Waals surface area contributed by atoms with Crippen LogP contribution in [-0.4, -0.2) is 34.0 Å². The van der Waals surface area contributed by atoms with Gasteiger partial charge in [0.2, 0.25) is 15.9 Å². The van der Waals surface area contributed by atoms with Crippen molar-refractivity contribution in [2.45, 2.75) is 31.2 Å². The fourth-order valence-electron chi connectivity index (χ4n) is 1.55. The first-order valence-electron chi connectivity index (χ1n) is 5.66. The van der Waals surface area contributed by atoms with Crippen molar-refractivity contribution in [3.63, 3.8) is 0 Å². The second-order valence-corrected chi connectivity index (χ2v) is 6.98. The molecule has 9 nitrogen and oxygen atoms in total. The zero-order chi connectivity index (χ0) is 15.8. The molecule has 0 saturated carbocycles. The lowest BCUT2D eigenvalue weighted by Crippen LogP contribution is -2.42. The minimum absolute atomic E-state index is 0.142. The van der Waals surface area contributed by atoms with Crippen LogP contribution in [0.3, 0.4) is 0 Å². The van der Waals surface area contributed by atoms with Gasteiger partial charge < -0.3 is 9.63 Å². The Bertz CT molecular complexity index is 777. The summed E-state index contributed by atoms with van der Waals surface area (Å²) in [6.07, 6.45) is 0. The van der Waals surface area contributed by atoms with E-state index in [0.717, 1.165) is 16.9 Å². The van der Waals surface area contributed by atoms with E-state index >= 15 is 0 Å². The van der Waals surface area contributed by atoms with Crippen molar-refractivity contribution in [2.24, 2.45) is 0 Å². The van der Waals surface area contributed by atoms with Crippen molar-refractivity contribution in [1.29, 1.82) is 0 Å². The van der Waals surface area contributed by atoms with Gasteiger partial charge in [-0.1, -0.05) is 5.16 Å². The van der Waals surface area contributed by atoms with Crippen LogP contribution < -0.4 is 4.72 Å². The molecule has 2 aromatic heterocycles. The third-order valence-electron chi connectivity index (χ3n) is 2.51. The van der Waals surface area contributed by atoms with Crippen LogP contribution in [0.2, 0.25) is 0 Å². The number of sulfonamides is 1. The highest BCUT2D eigenvalue weighted by Gasteiger charge is 2.35. The average molecular weight is 332 g/mol. The minimum Gasteiger partial charge on any atom is -0.476 e. The van der Waals surface area contributed by atoms with Crippen molar-refractivity contribution in [1.82, 2.24) is 19.2 Å². The molecule has 0 unspecified atom stereocenters. The van der Waals surface area contributed by atoms with Gasteiger partial charge in [-0.2, -0.15) is 14.1 Å². The van der Waals surface area contributed by atoms with Crippen molar-refractivity contribution >= 4 is 27.5 Å². The molecule has 0 spiro atoms. The SMILES string of the molecule is Cc1nc(C(C)(C)NS(=O)(=O)c2csnc2C(=O)O)no1. The van der Waals surface area contributed by atoms with Crippen LogP contribution >= 0.6 is 11.5 Å². The molecular weight excluding hydrogens is 320 g/mol. The third kappa shape index (κ3) is 3.09.